The van der Waals surface area contributed by atoms with E-state index in [2.05, 4.69) is 38.5 Å². The number of imide groups is 1. The summed E-state index contributed by atoms with van der Waals surface area (Å²) in [5.74, 6) is -0.234. The summed E-state index contributed by atoms with van der Waals surface area (Å²) in [6.07, 6.45) is 1.79. The Morgan fingerprint density at radius 2 is 1.78 bits per heavy atom. The van der Waals surface area contributed by atoms with E-state index < -0.39 is 0 Å². The summed E-state index contributed by atoms with van der Waals surface area (Å²) in [7, 11) is 0. The van der Waals surface area contributed by atoms with Crippen LogP contribution in [0, 0.1) is 3.57 Å². The lowest BCUT2D eigenvalue weighted by Crippen LogP contribution is -2.27. The lowest BCUT2D eigenvalue weighted by atomic mass is 10.2. The molecule has 0 aromatic heterocycles. The Balaban J connectivity index is 1.82. The zero-order valence-corrected chi connectivity index (χ0v) is 16.4. The van der Waals surface area contributed by atoms with Gasteiger partial charge in [-0.15, -0.1) is 0 Å². The first-order valence-electron chi connectivity index (χ1n) is 6.79. The van der Waals surface area contributed by atoms with Crippen LogP contribution in [0.15, 0.2) is 57.9 Å². The second-order valence-electron chi connectivity index (χ2n) is 4.92. The molecule has 1 heterocycles. The number of rotatable bonds is 3. The number of carbonyl (C=O) groups is 2. The van der Waals surface area contributed by atoms with Crippen molar-refractivity contribution in [3.05, 3.63) is 72.6 Å². The maximum absolute atomic E-state index is 12.5. The zero-order chi connectivity index (χ0) is 16.4. The van der Waals surface area contributed by atoms with E-state index in [1.54, 1.807) is 6.08 Å². The molecular weight excluding hydrogens is 489 g/mol. The van der Waals surface area contributed by atoms with Gasteiger partial charge in [-0.1, -0.05) is 46.3 Å². The molecule has 3 nitrogen and oxygen atoms in total. The van der Waals surface area contributed by atoms with Crippen LogP contribution in [0.2, 0.25) is 0 Å². The van der Waals surface area contributed by atoms with E-state index in [-0.39, 0.29) is 11.1 Å². The zero-order valence-electron chi connectivity index (χ0n) is 11.8. The van der Waals surface area contributed by atoms with Gasteiger partial charge in [-0.3, -0.25) is 14.5 Å². The molecular formula is C17H11BrINO2S. The van der Waals surface area contributed by atoms with Crippen molar-refractivity contribution >= 4 is 67.5 Å². The largest absolute Gasteiger partial charge is 0.293 e. The van der Waals surface area contributed by atoms with E-state index in [1.807, 2.05) is 48.5 Å². The van der Waals surface area contributed by atoms with Crippen LogP contribution in [0.1, 0.15) is 11.1 Å². The van der Waals surface area contributed by atoms with Gasteiger partial charge in [0.25, 0.3) is 11.1 Å². The first kappa shape index (κ1) is 16.7. The van der Waals surface area contributed by atoms with Gasteiger partial charge in [0.15, 0.2) is 0 Å². The maximum atomic E-state index is 12.5. The van der Waals surface area contributed by atoms with E-state index in [4.69, 9.17) is 0 Å². The van der Waals surface area contributed by atoms with Crippen molar-refractivity contribution in [1.29, 1.82) is 0 Å². The fourth-order valence-electron chi connectivity index (χ4n) is 2.14. The minimum absolute atomic E-state index is 0.227. The van der Waals surface area contributed by atoms with E-state index in [0.29, 0.717) is 11.4 Å². The summed E-state index contributed by atoms with van der Waals surface area (Å²) in [5, 5.41) is -0.227. The van der Waals surface area contributed by atoms with Crippen LogP contribution in [0.5, 0.6) is 0 Å². The highest BCUT2D eigenvalue weighted by Gasteiger charge is 2.35. The molecule has 6 heteroatoms. The molecule has 1 aliphatic heterocycles. The first-order valence-corrected chi connectivity index (χ1v) is 9.48. The standard InChI is InChI=1S/C17H11BrINO2S/c18-13-7-5-11(6-8-13)10-20-16(21)15(23-17(20)22)9-12-3-1-2-4-14(12)19/h1-9H,10H2/b15-9-. The van der Waals surface area contributed by atoms with Gasteiger partial charge in [-0.2, -0.15) is 0 Å². The summed E-state index contributed by atoms with van der Waals surface area (Å²) in [5.41, 5.74) is 1.87. The van der Waals surface area contributed by atoms with Crippen molar-refractivity contribution < 1.29 is 9.59 Å². The smallest absolute Gasteiger partial charge is 0.268 e. The number of carbonyl (C=O) groups excluding carboxylic acids is 2. The molecule has 116 valence electrons. The highest BCUT2D eigenvalue weighted by atomic mass is 127. The number of amides is 2. The van der Waals surface area contributed by atoms with Crippen LogP contribution in [-0.2, 0) is 11.3 Å². The fraction of sp³-hybridized carbons (Fsp3) is 0.0588. The molecule has 0 unspecified atom stereocenters. The Morgan fingerprint density at radius 3 is 2.48 bits per heavy atom. The number of hydrogen-bond acceptors (Lipinski definition) is 3. The van der Waals surface area contributed by atoms with Crippen LogP contribution >= 0.6 is 50.3 Å². The first-order chi connectivity index (χ1) is 11.0. The van der Waals surface area contributed by atoms with Crippen molar-refractivity contribution in [1.82, 2.24) is 4.90 Å². The Hall–Kier alpha value is -1.12. The normalized spacial score (nSPS) is 16.4. The van der Waals surface area contributed by atoms with E-state index in [0.717, 1.165) is 30.9 Å². The average Bonchev–Trinajstić information content (AvgIpc) is 2.79. The lowest BCUT2D eigenvalue weighted by Gasteiger charge is -2.12. The summed E-state index contributed by atoms with van der Waals surface area (Å²) >= 11 is 6.59. The van der Waals surface area contributed by atoms with Crippen molar-refractivity contribution in [2.75, 3.05) is 0 Å². The molecule has 0 bridgehead atoms. The number of nitrogens with zero attached hydrogens (tertiary/aromatic N) is 1. The molecule has 2 amide bonds. The molecule has 0 saturated carbocycles. The number of benzene rings is 2. The van der Waals surface area contributed by atoms with E-state index in [9.17, 15) is 9.59 Å². The van der Waals surface area contributed by atoms with Gasteiger partial charge >= 0.3 is 0 Å². The summed E-state index contributed by atoms with van der Waals surface area (Å²) < 4.78 is 2.01. The monoisotopic (exact) mass is 499 g/mol. The highest BCUT2D eigenvalue weighted by Crippen LogP contribution is 2.34. The molecule has 1 saturated heterocycles. The average molecular weight is 500 g/mol. The van der Waals surface area contributed by atoms with Crippen LogP contribution in [0.3, 0.4) is 0 Å². The van der Waals surface area contributed by atoms with Gasteiger partial charge in [0, 0.05) is 8.04 Å². The van der Waals surface area contributed by atoms with Gasteiger partial charge in [-0.25, -0.2) is 0 Å². The molecule has 0 atom stereocenters. The van der Waals surface area contributed by atoms with Crippen LogP contribution in [0.4, 0.5) is 4.79 Å². The van der Waals surface area contributed by atoms with Gasteiger partial charge in [0.2, 0.25) is 0 Å². The molecule has 0 radical (unpaired) electrons. The second-order valence-corrected chi connectivity index (χ2v) is 7.99. The summed E-state index contributed by atoms with van der Waals surface area (Å²) in [6.45, 7) is 0.293. The van der Waals surface area contributed by atoms with Crippen molar-refractivity contribution in [2.24, 2.45) is 0 Å². The van der Waals surface area contributed by atoms with Crippen LogP contribution < -0.4 is 0 Å². The Kier molecular flexibility index (Phi) is 5.23. The predicted molar refractivity (Wildman–Crippen MR) is 105 cm³/mol. The Labute approximate surface area is 160 Å². The molecule has 0 aliphatic carbocycles. The SMILES string of the molecule is O=C1S/C(=C\c2ccccc2I)C(=O)N1Cc1ccc(Br)cc1. The second kappa shape index (κ2) is 7.19. The molecule has 2 aromatic rings. The third kappa shape index (κ3) is 3.87. The summed E-state index contributed by atoms with van der Waals surface area (Å²) in [4.78, 5) is 26.4. The van der Waals surface area contributed by atoms with E-state index >= 15 is 0 Å². The highest BCUT2D eigenvalue weighted by molar-refractivity contribution is 14.1. The minimum Gasteiger partial charge on any atom is -0.268 e. The van der Waals surface area contributed by atoms with Crippen LogP contribution in [0.25, 0.3) is 6.08 Å². The third-order valence-electron chi connectivity index (χ3n) is 3.32. The van der Waals surface area contributed by atoms with Crippen molar-refractivity contribution in [2.45, 2.75) is 6.54 Å². The van der Waals surface area contributed by atoms with Crippen molar-refractivity contribution in [3.63, 3.8) is 0 Å². The van der Waals surface area contributed by atoms with Gasteiger partial charge in [-0.05, 0) is 69.8 Å². The molecule has 1 aliphatic rings. The molecule has 2 aromatic carbocycles. The number of halogens is 2. The third-order valence-corrected chi connectivity index (χ3v) is 5.74. The number of hydrogen-bond donors (Lipinski definition) is 0. The maximum Gasteiger partial charge on any atom is 0.293 e. The predicted octanol–water partition coefficient (Wildman–Crippen LogP) is 5.29. The summed E-state index contributed by atoms with van der Waals surface area (Å²) in [6, 6.07) is 15.4. The van der Waals surface area contributed by atoms with Crippen LogP contribution in [-0.4, -0.2) is 16.0 Å². The van der Waals surface area contributed by atoms with Crippen molar-refractivity contribution in [3.8, 4) is 0 Å². The molecule has 1 fully saturated rings. The number of thioether (sulfide) groups is 1. The molecule has 0 N–H and O–H groups in total. The van der Waals surface area contributed by atoms with Gasteiger partial charge in [0.1, 0.15) is 0 Å². The Bertz CT molecular complexity index is 804. The van der Waals surface area contributed by atoms with E-state index in [1.165, 1.54) is 4.90 Å². The van der Waals surface area contributed by atoms with Gasteiger partial charge < -0.3 is 0 Å². The van der Waals surface area contributed by atoms with Gasteiger partial charge in [0.05, 0.1) is 11.4 Å². The molecule has 3 rings (SSSR count). The quantitative estimate of drug-likeness (QED) is 0.425. The Morgan fingerprint density at radius 1 is 1.09 bits per heavy atom. The minimum atomic E-state index is -0.234. The topological polar surface area (TPSA) is 37.4 Å². The molecule has 0 spiro atoms. The lowest BCUT2D eigenvalue weighted by molar-refractivity contribution is -0.123. The molecule has 23 heavy (non-hydrogen) atoms. The fourth-order valence-corrected chi connectivity index (χ4v) is 3.78.